The van der Waals surface area contributed by atoms with Crippen molar-refractivity contribution in [3.05, 3.63) is 434 Å². The molecule has 0 aliphatic heterocycles. The quantitative estimate of drug-likeness (QED) is 0.0538. The van der Waals surface area contributed by atoms with E-state index in [2.05, 4.69) is 410 Å². The molecule has 0 atom stereocenters. The number of benzene rings is 14. The fourth-order valence-electron chi connectivity index (χ4n) is 23.6. The third-order valence-electron chi connectivity index (χ3n) is 31.7. The van der Waals surface area contributed by atoms with Crippen LogP contribution in [0.1, 0.15) is 147 Å². The van der Waals surface area contributed by atoms with E-state index in [4.69, 9.17) is 29.9 Å². The molecule has 4 aliphatic rings. The van der Waals surface area contributed by atoms with Gasteiger partial charge in [0.1, 0.15) is 6.33 Å². The standard InChI is InChI=1S/C136H120N6/c1-89-69-131(137-84-115(89)73-93-25-5-6-26-93)103-57-45-97(46-58-103)119-33-13-19-39-125(119)109-77-110(126-40-20-14-34-120(126)98-47-59-104(60-48-98)132-70-90(2)116(85-138-132)74-94-27-7-8-28-94)80-113(79-109)129-43-23-17-37-123(129)101-53-65-107(66-54-101)135-83-136(142-88-141-135)108-67-55-102(56-68-108)124-38-18-24-44-130(124)114-81-111(127-41-21-15-35-121(127)99-49-61-105(62-50-99)133-71-91(3)117(86-139-133)75-95-29-9-10-30-95)78-112(82-114)128-42-22-16-36-122(128)100-51-63-106(64-52-100)134-72-92(4)118(87-140-134)76-96-31-11-12-32-96/h13-24,33-72,77-88,93-96H,5-12,25-32,73-76H2,1-4H3. The molecule has 23 rings (SSSR count). The molecule has 694 valence electrons. The van der Waals surface area contributed by atoms with Gasteiger partial charge in [0.15, 0.2) is 0 Å². The van der Waals surface area contributed by atoms with Gasteiger partial charge in [0.05, 0.1) is 34.2 Å². The van der Waals surface area contributed by atoms with Crippen LogP contribution in [-0.4, -0.2) is 29.9 Å². The van der Waals surface area contributed by atoms with Gasteiger partial charge in [0.2, 0.25) is 0 Å². The number of nitrogens with zero attached hydrogens (tertiary/aromatic N) is 6. The lowest BCUT2D eigenvalue weighted by atomic mass is 9.86. The van der Waals surface area contributed by atoms with Crippen LogP contribution in [0.15, 0.2) is 389 Å². The zero-order valence-corrected chi connectivity index (χ0v) is 82.1. The number of hydrogen-bond donors (Lipinski definition) is 0. The number of hydrogen-bond acceptors (Lipinski definition) is 6. The molecule has 4 aliphatic carbocycles. The summed E-state index contributed by atoms with van der Waals surface area (Å²) < 4.78 is 0. The minimum absolute atomic E-state index is 0.774. The van der Waals surface area contributed by atoms with Crippen molar-refractivity contribution in [3.63, 3.8) is 0 Å². The van der Waals surface area contributed by atoms with Crippen molar-refractivity contribution in [1.29, 1.82) is 0 Å². The molecular weight excluding hydrogens is 1720 g/mol. The summed E-state index contributed by atoms with van der Waals surface area (Å²) >= 11 is 0. The molecular formula is C136H120N6. The maximum absolute atomic E-state index is 5.08. The minimum atomic E-state index is 0.774. The van der Waals surface area contributed by atoms with E-state index in [1.165, 1.54) is 169 Å². The highest BCUT2D eigenvalue weighted by atomic mass is 14.8. The number of aromatic nitrogens is 6. The van der Waals surface area contributed by atoms with Crippen LogP contribution in [-0.2, 0) is 25.7 Å². The first-order chi connectivity index (χ1) is 69.9. The summed E-state index contributed by atoms with van der Waals surface area (Å²) in [6.07, 6.45) is 36.2. The molecule has 5 heterocycles. The molecule has 4 saturated carbocycles. The van der Waals surface area contributed by atoms with E-state index in [0.717, 1.165) is 228 Å². The molecule has 14 aromatic carbocycles. The molecule has 6 nitrogen and oxygen atoms in total. The lowest BCUT2D eigenvalue weighted by Crippen LogP contribution is -2.02. The Morgan fingerprint density at radius 1 is 0.162 bits per heavy atom. The smallest absolute Gasteiger partial charge is 0.116 e. The Bertz CT molecular complexity index is 6990. The first-order valence-corrected chi connectivity index (χ1v) is 52.1. The molecule has 0 N–H and O–H groups in total. The molecule has 0 radical (unpaired) electrons. The average molecular weight is 1840 g/mol. The van der Waals surface area contributed by atoms with Gasteiger partial charge in [-0.05, 0) is 322 Å². The van der Waals surface area contributed by atoms with Crippen molar-refractivity contribution in [3.8, 4) is 201 Å². The molecule has 0 amide bonds. The zero-order chi connectivity index (χ0) is 95.4. The summed E-state index contributed by atoms with van der Waals surface area (Å²) in [5.41, 5.74) is 50.6. The first-order valence-electron chi connectivity index (χ1n) is 52.1. The Labute approximate surface area is 838 Å². The Morgan fingerprint density at radius 2 is 0.310 bits per heavy atom. The second kappa shape index (κ2) is 40.9. The molecule has 6 heteroatoms. The number of aryl methyl sites for hydroxylation is 4. The van der Waals surface area contributed by atoms with Crippen molar-refractivity contribution in [2.75, 3.05) is 0 Å². The van der Waals surface area contributed by atoms with Crippen molar-refractivity contribution >= 4 is 0 Å². The molecule has 0 saturated heterocycles. The lowest BCUT2D eigenvalue weighted by molar-refractivity contribution is 0.544. The van der Waals surface area contributed by atoms with Crippen LogP contribution in [0.3, 0.4) is 0 Å². The van der Waals surface area contributed by atoms with E-state index >= 15 is 0 Å². The van der Waals surface area contributed by atoms with Gasteiger partial charge in [-0.2, -0.15) is 0 Å². The second-order valence-corrected chi connectivity index (χ2v) is 41.0. The van der Waals surface area contributed by atoms with E-state index in [1.54, 1.807) is 6.33 Å². The summed E-state index contributed by atoms with van der Waals surface area (Å²) in [6, 6.07) is 133. The van der Waals surface area contributed by atoms with E-state index in [0.29, 0.717) is 0 Å². The van der Waals surface area contributed by atoms with Crippen molar-refractivity contribution in [1.82, 2.24) is 29.9 Å². The lowest BCUT2D eigenvalue weighted by Gasteiger charge is -2.18. The zero-order valence-electron chi connectivity index (χ0n) is 82.1. The normalized spacial score (nSPS) is 14.2. The Morgan fingerprint density at radius 3 is 0.472 bits per heavy atom. The van der Waals surface area contributed by atoms with E-state index in [9.17, 15) is 0 Å². The first kappa shape index (κ1) is 90.6. The summed E-state index contributed by atoms with van der Waals surface area (Å²) in [5, 5.41) is 0. The SMILES string of the molecule is Cc1cc(-c2ccc(-c3ccccc3-c3cc(-c4ccccc4-c4ccc(-c5cc(-c6ccc(-c7ccccc7-c7cc(-c8ccccc8-c8ccc(-c9cc(C)c(CC%10CCCC%10)cn9)cc8)cc(-c8ccccc8-c8ccc(-c9cc(C)c(CC%10CCCC%10)cn9)cc8)c7)cc6)ncn5)cc4)cc(-c4ccccc4-c4ccc(-c5cc(C)c(CC6CCCC6)cn5)cc4)c3)cc2)ncc1CC1CCCC1. The highest BCUT2D eigenvalue weighted by Crippen LogP contribution is 2.48. The van der Waals surface area contributed by atoms with Crippen LogP contribution < -0.4 is 0 Å². The monoisotopic (exact) mass is 1840 g/mol. The van der Waals surface area contributed by atoms with Gasteiger partial charge in [0, 0.05) is 58.2 Å². The van der Waals surface area contributed by atoms with Crippen molar-refractivity contribution < 1.29 is 0 Å². The maximum Gasteiger partial charge on any atom is 0.116 e. The predicted octanol–water partition coefficient (Wildman–Crippen LogP) is 36.2. The molecule has 5 aromatic heterocycles. The Balaban J connectivity index is 0.551. The van der Waals surface area contributed by atoms with Gasteiger partial charge < -0.3 is 0 Å². The molecule has 0 spiro atoms. The molecule has 0 unspecified atom stereocenters. The van der Waals surface area contributed by atoms with Crippen LogP contribution in [0, 0.1) is 51.4 Å². The fraction of sp³-hybridized carbons (Fsp3) is 0.206. The predicted molar refractivity (Wildman–Crippen MR) is 593 cm³/mol. The third-order valence-corrected chi connectivity index (χ3v) is 31.7. The number of pyridine rings is 4. The topological polar surface area (TPSA) is 77.3 Å². The highest BCUT2D eigenvalue weighted by molar-refractivity contribution is 5.98. The van der Waals surface area contributed by atoms with Crippen LogP contribution in [0.25, 0.3) is 201 Å². The summed E-state index contributed by atoms with van der Waals surface area (Å²) in [5.74, 6) is 3.10. The van der Waals surface area contributed by atoms with Gasteiger partial charge in [0.25, 0.3) is 0 Å². The van der Waals surface area contributed by atoms with E-state index < -0.39 is 0 Å². The van der Waals surface area contributed by atoms with Crippen molar-refractivity contribution in [2.24, 2.45) is 23.7 Å². The van der Waals surface area contributed by atoms with Gasteiger partial charge in [-0.1, -0.05) is 394 Å². The maximum atomic E-state index is 5.08. The number of rotatable bonds is 26. The highest BCUT2D eigenvalue weighted by Gasteiger charge is 2.26. The third kappa shape index (κ3) is 19.5. The van der Waals surface area contributed by atoms with Crippen LogP contribution in [0.5, 0.6) is 0 Å². The largest absolute Gasteiger partial charge is 0.256 e. The average Bonchev–Trinajstić information content (AvgIpc) is 1.08. The van der Waals surface area contributed by atoms with Crippen LogP contribution >= 0.6 is 0 Å². The van der Waals surface area contributed by atoms with Gasteiger partial charge in [-0.3, -0.25) is 19.9 Å². The van der Waals surface area contributed by atoms with E-state index in [1.807, 2.05) is 0 Å². The van der Waals surface area contributed by atoms with Crippen molar-refractivity contribution in [2.45, 2.75) is 156 Å². The van der Waals surface area contributed by atoms with Gasteiger partial charge >= 0.3 is 0 Å². The van der Waals surface area contributed by atoms with E-state index in [-0.39, 0.29) is 0 Å². The summed E-state index contributed by atoms with van der Waals surface area (Å²) in [6.45, 7) is 9.05. The molecule has 0 bridgehead atoms. The molecule has 142 heavy (non-hydrogen) atoms. The van der Waals surface area contributed by atoms with Gasteiger partial charge in [-0.15, -0.1) is 0 Å². The summed E-state index contributed by atoms with van der Waals surface area (Å²) in [7, 11) is 0. The van der Waals surface area contributed by atoms with Crippen LogP contribution in [0.2, 0.25) is 0 Å². The van der Waals surface area contributed by atoms with Crippen LogP contribution in [0.4, 0.5) is 0 Å². The Hall–Kier alpha value is -15.2. The Kier molecular flexibility index (Phi) is 26.1. The fourth-order valence-corrected chi connectivity index (χ4v) is 23.6. The minimum Gasteiger partial charge on any atom is -0.256 e. The molecule has 4 fully saturated rings. The van der Waals surface area contributed by atoms with Gasteiger partial charge in [-0.25, -0.2) is 9.97 Å². The second-order valence-electron chi connectivity index (χ2n) is 41.0. The molecule has 19 aromatic rings. The summed E-state index contributed by atoms with van der Waals surface area (Å²) in [4.78, 5) is 30.3.